The molecule has 0 aliphatic carbocycles. The van der Waals surface area contributed by atoms with Gasteiger partial charge >= 0.3 is 12.0 Å². The number of hydrogen-bond acceptors (Lipinski definition) is 4. The number of aryl methyl sites for hydroxylation is 1. The number of nitrogens with one attached hydrogen (secondary N) is 2. The first kappa shape index (κ1) is 16.4. The molecule has 0 aliphatic rings. The molecule has 7 heteroatoms. The molecule has 3 N–H and O–H groups in total. The highest BCUT2D eigenvalue weighted by Gasteiger charge is 2.16. The van der Waals surface area contributed by atoms with Gasteiger partial charge in [-0.25, -0.2) is 9.78 Å². The van der Waals surface area contributed by atoms with Gasteiger partial charge in [-0.15, -0.1) is 11.3 Å². The number of carboxylic acids is 1. The summed E-state index contributed by atoms with van der Waals surface area (Å²) in [5.41, 5.74) is 0.960. The highest BCUT2D eigenvalue weighted by molar-refractivity contribution is 7.09. The van der Waals surface area contributed by atoms with E-state index in [2.05, 4.69) is 15.6 Å². The van der Waals surface area contributed by atoms with E-state index < -0.39 is 11.9 Å². The van der Waals surface area contributed by atoms with E-state index in [1.807, 2.05) is 19.2 Å². The number of rotatable bonds is 8. The van der Waals surface area contributed by atoms with Crippen LogP contribution in [0.2, 0.25) is 0 Å². The molecular formula is C13H21N3O3S. The predicted molar refractivity (Wildman–Crippen MR) is 78.0 cm³/mol. The minimum Gasteiger partial charge on any atom is -0.481 e. The van der Waals surface area contributed by atoms with Crippen LogP contribution < -0.4 is 10.6 Å². The zero-order valence-corrected chi connectivity index (χ0v) is 12.6. The summed E-state index contributed by atoms with van der Waals surface area (Å²) in [5, 5.41) is 17.2. The third-order valence-corrected chi connectivity index (χ3v) is 3.65. The van der Waals surface area contributed by atoms with Crippen molar-refractivity contribution in [3.05, 3.63) is 16.1 Å². The number of aromatic nitrogens is 1. The first-order chi connectivity index (χ1) is 9.52. The number of amides is 2. The van der Waals surface area contributed by atoms with Crippen LogP contribution in [0.15, 0.2) is 5.38 Å². The molecule has 0 saturated carbocycles. The fourth-order valence-electron chi connectivity index (χ4n) is 1.77. The van der Waals surface area contributed by atoms with Gasteiger partial charge in [-0.3, -0.25) is 4.79 Å². The quantitative estimate of drug-likeness (QED) is 0.682. The molecule has 0 saturated heterocycles. The Labute approximate surface area is 122 Å². The van der Waals surface area contributed by atoms with E-state index in [1.165, 1.54) is 0 Å². The molecule has 1 heterocycles. The van der Waals surface area contributed by atoms with Crippen LogP contribution in [0.1, 0.15) is 30.5 Å². The first-order valence-electron chi connectivity index (χ1n) is 6.68. The lowest BCUT2D eigenvalue weighted by Gasteiger charge is -2.12. The second kappa shape index (κ2) is 8.52. The van der Waals surface area contributed by atoms with Crippen molar-refractivity contribution in [1.82, 2.24) is 15.6 Å². The Morgan fingerprint density at radius 2 is 2.20 bits per heavy atom. The average molecular weight is 299 g/mol. The Bertz CT molecular complexity index is 448. The van der Waals surface area contributed by atoms with Crippen molar-refractivity contribution in [3.8, 4) is 0 Å². The highest BCUT2D eigenvalue weighted by Crippen LogP contribution is 2.07. The van der Waals surface area contributed by atoms with Crippen molar-refractivity contribution >= 4 is 23.3 Å². The van der Waals surface area contributed by atoms with Crippen LogP contribution in [0.5, 0.6) is 0 Å². The second-order valence-electron chi connectivity index (χ2n) is 4.57. The minimum absolute atomic E-state index is 0.158. The smallest absolute Gasteiger partial charge is 0.314 e. The van der Waals surface area contributed by atoms with Crippen LogP contribution in [-0.4, -0.2) is 35.2 Å². The molecule has 2 amide bonds. The SMILES string of the molecule is CCCC(CNC(=O)NCCc1csc(C)n1)C(=O)O. The van der Waals surface area contributed by atoms with Crippen LogP contribution in [0.4, 0.5) is 4.79 Å². The minimum atomic E-state index is -0.870. The number of hydrogen-bond donors (Lipinski definition) is 3. The molecular weight excluding hydrogens is 278 g/mol. The van der Waals surface area contributed by atoms with E-state index in [1.54, 1.807) is 11.3 Å². The van der Waals surface area contributed by atoms with Crippen LogP contribution in [0.3, 0.4) is 0 Å². The molecule has 0 aromatic carbocycles. The third-order valence-electron chi connectivity index (χ3n) is 2.83. The third kappa shape index (κ3) is 6.01. The molecule has 0 radical (unpaired) electrons. The lowest BCUT2D eigenvalue weighted by atomic mass is 10.0. The molecule has 1 aromatic heterocycles. The summed E-state index contributed by atoms with van der Waals surface area (Å²) in [6.45, 7) is 4.51. The maximum atomic E-state index is 11.5. The Morgan fingerprint density at radius 3 is 2.75 bits per heavy atom. The van der Waals surface area contributed by atoms with Gasteiger partial charge in [-0.05, 0) is 13.3 Å². The molecule has 1 rings (SSSR count). The Morgan fingerprint density at radius 1 is 1.45 bits per heavy atom. The summed E-state index contributed by atoms with van der Waals surface area (Å²) in [7, 11) is 0. The number of nitrogens with zero attached hydrogens (tertiary/aromatic N) is 1. The van der Waals surface area contributed by atoms with E-state index >= 15 is 0 Å². The van der Waals surface area contributed by atoms with E-state index in [-0.39, 0.29) is 12.6 Å². The first-order valence-corrected chi connectivity index (χ1v) is 7.56. The van der Waals surface area contributed by atoms with Gasteiger partial charge in [0.15, 0.2) is 0 Å². The van der Waals surface area contributed by atoms with Gasteiger partial charge in [0.1, 0.15) is 0 Å². The van der Waals surface area contributed by atoms with Crippen LogP contribution >= 0.6 is 11.3 Å². The van der Waals surface area contributed by atoms with Gasteiger partial charge in [-0.1, -0.05) is 13.3 Å². The largest absolute Gasteiger partial charge is 0.481 e. The van der Waals surface area contributed by atoms with E-state index in [9.17, 15) is 9.59 Å². The zero-order valence-electron chi connectivity index (χ0n) is 11.8. The maximum Gasteiger partial charge on any atom is 0.314 e. The summed E-state index contributed by atoms with van der Waals surface area (Å²) in [6, 6.07) is -0.334. The van der Waals surface area contributed by atoms with Crippen molar-refractivity contribution in [3.63, 3.8) is 0 Å². The molecule has 1 atom stereocenters. The average Bonchev–Trinajstić information content (AvgIpc) is 2.80. The number of thiazole rings is 1. The van der Waals surface area contributed by atoms with Crippen molar-refractivity contribution in [2.24, 2.45) is 5.92 Å². The summed E-state index contributed by atoms with van der Waals surface area (Å²) in [6.07, 6.45) is 2.02. The molecule has 0 bridgehead atoms. The van der Waals surface area contributed by atoms with E-state index in [0.29, 0.717) is 19.4 Å². The number of carbonyl (C=O) groups is 2. The van der Waals surface area contributed by atoms with Crippen molar-refractivity contribution in [1.29, 1.82) is 0 Å². The van der Waals surface area contributed by atoms with Crippen LogP contribution in [-0.2, 0) is 11.2 Å². The van der Waals surface area contributed by atoms with Gasteiger partial charge in [0.05, 0.1) is 16.6 Å². The molecule has 6 nitrogen and oxygen atoms in total. The molecule has 1 aromatic rings. The molecule has 0 spiro atoms. The van der Waals surface area contributed by atoms with E-state index in [0.717, 1.165) is 17.1 Å². The topological polar surface area (TPSA) is 91.3 Å². The molecule has 0 fully saturated rings. The molecule has 1 unspecified atom stereocenters. The zero-order chi connectivity index (χ0) is 15.0. The van der Waals surface area contributed by atoms with Gasteiger partial charge in [0.2, 0.25) is 0 Å². The number of carbonyl (C=O) groups excluding carboxylic acids is 1. The van der Waals surface area contributed by atoms with Gasteiger partial charge in [0.25, 0.3) is 0 Å². The monoisotopic (exact) mass is 299 g/mol. The van der Waals surface area contributed by atoms with Crippen molar-refractivity contribution < 1.29 is 14.7 Å². The molecule has 0 aliphatic heterocycles. The maximum absolute atomic E-state index is 11.5. The molecule has 20 heavy (non-hydrogen) atoms. The molecule has 112 valence electrons. The Kier molecular flexibility index (Phi) is 7.00. The van der Waals surface area contributed by atoms with Gasteiger partial charge in [-0.2, -0.15) is 0 Å². The number of carboxylic acid groups (broad SMARTS) is 1. The van der Waals surface area contributed by atoms with Crippen LogP contribution in [0.25, 0.3) is 0 Å². The normalized spacial score (nSPS) is 11.9. The number of urea groups is 1. The number of aliphatic carboxylic acids is 1. The lowest BCUT2D eigenvalue weighted by Crippen LogP contribution is -2.40. The van der Waals surface area contributed by atoms with E-state index in [4.69, 9.17) is 5.11 Å². The summed E-state index contributed by atoms with van der Waals surface area (Å²) < 4.78 is 0. The fraction of sp³-hybridized carbons (Fsp3) is 0.615. The highest BCUT2D eigenvalue weighted by atomic mass is 32.1. The van der Waals surface area contributed by atoms with Crippen molar-refractivity contribution in [2.45, 2.75) is 33.1 Å². The van der Waals surface area contributed by atoms with Gasteiger partial charge in [0, 0.05) is 24.9 Å². The Balaban J connectivity index is 2.21. The van der Waals surface area contributed by atoms with Gasteiger partial charge < -0.3 is 15.7 Å². The predicted octanol–water partition coefficient (Wildman–Crippen LogP) is 1.79. The van der Waals surface area contributed by atoms with Crippen LogP contribution in [0, 0.1) is 12.8 Å². The summed E-state index contributed by atoms with van der Waals surface area (Å²) in [4.78, 5) is 26.8. The standard InChI is InChI=1S/C13H21N3O3S/c1-3-4-10(12(17)18)7-15-13(19)14-6-5-11-8-20-9(2)16-11/h8,10H,3-7H2,1-2H3,(H,17,18)(H2,14,15,19). The summed E-state index contributed by atoms with van der Waals surface area (Å²) in [5.74, 6) is -1.39. The lowest BCUT2D eigenvalue weighted by molar-refractivity contribution is -0.141. The van der Waals surface area contributed by atoms with Crippen molar-refractivity contribution in [2.75, 3.05) is 13.1 Å². The Hall–Kier alpha value is -1.63. The second-order valence-corrected chi connectivity index (χ2v) is 5.63. The summed E-state index contributed by atoms with van der Waals surface area (Å²) >= 11 is 1.58. The fourth-order valence-corrected chi connectivity index (χ4v) is 2.41.